The largest absolute Gasteiger partial charge is 0.397 e. The summed E-state index contributed by atoms with van der Waals surface area (Å²) >= 11 is 0. The lowest BCUT2D eigenvalue weighted by Gasteiger charge is -2.13. The van der Waals surface area contributed by atoms with Crippen molar-refractivity contribution >= 4 is 28.0 Å². The summed E-state index contributed by atoms with van der Waals surface area (Å²) in [5.41, 5.74) is 9.47. The third-order valence-electron chi connectivity index (χ3n) is 3.34. The van der Waals surface area contributed by atoms with Gasteiger partial charge in [0.05, 0.1) is 11.2 Å². The molecule has 100 valence electrons. The van der Waals surface area contributed by atoms with Crippen molar-refractivity contribution in [1.29, 1.82) is 0 Å². The van der Waals surface area contributed by atoms with Crippen LogP contribution in [-0.2, 0) is 0 Å². The summed E-state index contributed by atoms with van der Waals surface area (Å²) in [6.07, 6.45) is 1.70. The van der Waals surface area contributed by atoms with Crippen LogP contribution in [0.4, 0.5) is 21.5 Å². The number of benzene rings is 2. The van der Waals surface area contributed by atoms with E-state index in [2.05, 4.69) is 10.3 Å². The first-order valence-corrected chi connectivity index (χ1v) is 6.32. The number of rotatable bonds is 2. The van der Waals surface area contributed by atoms with Crippen LogP contribution in [0.2, 0.25) is 0 Å². The Morgan fingerprint density at radius 3 is 2.75 bits per heavy atom. The van der Waals surface area contributed by atoms with Gasteiger partial charge in [-0.2, -0.15) is 0 Å². The molecule has 2 aromatic carbocycles. The van der Waals surface area contributed by atoms with Crippen molar-refractivity contribution in [3.8, 4) is 0 Å². The van der Waals surface area contributed by atoms with Crippen molar-refractivity contribution in [1.82, 2.24) is 4.98 Å². The van der Waals surface area contributed by atoms with Crippen LogP contribution in [0.3, 0.4) is 0 Å². The Morgan fingerprint density at radius 2 is 1.90 bits per heavy atom. The van der Waals surface area contributed by atoms with E-state index in [1.807, 2.05) is 24.3 Å². The second-order valence-electron chi connectivity index (χ2n) is 4.64. The monoisotopic (exact) mass is 267 g/mol. The highest BCUT2D eigenvalue weighted by Crippen LogP contribution is 2.30. The minimum atomic E-state index is -0.229. The molecule has 0 radical (unpaired) electrons. The maximum atomic E-state index is 13.6. The summed E-state index contributed by atoms with van der Waals surface area (Å²) < 4.78 is 13.6. The molecular weight excluding hydrogens is 253 g/mol. The van der Waals surface area contributed by atoms with Crippen LogP contribution in [0.5, 0.6) is 0 Å². The summed E-state index contributed by atoms with van der Waals surface area (Å²) in [5, 5.41) is 4.16. The number of hydrogen-bond acceptors (Lipinski definition) is 3. The van der Waals surface area contributed by atoms with E-state index in [1.54, 1.807) is 25.3 Å². The number of nitrogens with one attached hydrogen (secondary N) is 1. The smallest absolute Gasteiger partial charge is 0.128 e. The second-order valence-corrected chi connectivity index (χ2v) is 4.64. The van der Waals surface area contributed by atoms with E-state index in [0.717, 1.165) is 22.3 Å². The van der Waals surface area contributed by atoms with Crippen LogP contribution in [0.25, 0.3) is 10.9 Å². The van der Waals surface area contributed by atoms with Gasteiger partial charge >= 0.3 is 0 Å². The molecule has 0 aliphatic heterocycles. The summed E-state index contributed by atoms with van der Waals surface area (Å²) in [6.45, 7) is 1.75. The number of nitrogens with two attached hydrogens (primary N) is 1. The molecule has 0 atom stereocenters. The molecular formula is C16H14FN3. The fourth-order valence-electron chi connectivity index (χ4n) is 2.19. The molecule has 3 nitrogen and oxygen atoms in total. The third kappa shape index (κ3) is 2.05. The standard InChI is InChI=1S/C16H14FN3/c1-10-12(17)5-2-6-14(10)20-15-8-7-13(18)16-11(15)4-3-9-19-16/h2-9,20H,18H2,1H3. The van der Waals surface area contributed by atoms with Crippen LogP contribution in [-0.4, -0.2) is 4.98 Å². The fraction of sp³-hybridized carbons (Fsp3) is 0.0625. The number of fused-ring (bicyclic) bond motifs is 1. The number of pyridine rings is 1. The normalized spacial score (nSPS) is 10.7. The molecule has 0 spiro atoms. The van der Waals surface area contributed by atoms with Crippen molar-refractivity contribution < 1.29 is 4.39 Å². The van der Waals surface area contributed by atoms with Crippen LogP contribution in [0.15, 0.2) is 48.7 Å². The molecule has 0 unspecified atom stereocenters. The van der Waals surface area contributed by atoms with E-state index in [0.29, 0.717) is 11.3 Å². The minimum Gasteiger partial charge on any atom is -0.397 e. The summed E-state index contributed by atoms with van der Waals surface area (Å²) in [4.78, 5) is 4.28. The Kier molecular flexibility index (Phi) is 2.99. The van der Waals surface area contributed by atoms with Gasteiger partial charge < -0.3 is 11.1 Å². The molecule has 0 saturated carbocycles. The quantitative estimate of drug-likeness (QED) is 0.690. The van der Waals surface area contributed by atoms with Gasteiger partial charge in [0.25, 0.3) is 0 Å². The summed E-state index contributed by atoms with van der Waals surface area (Å²) in [5.74, 6) is -0.229. The van der Waals surface area contributed by atoms with E-state index >= 15 is 0 Å². The Labute approximate surface area is 116 Å². The predicted molar refractivity (Wildman–Crippen MR) is 80.6 cm³/mol. The highest BCUT2D eigenvalue weighted by Gasteiger charge is 2.08. The minimum absolute atomic E-state index is 0.229. The van der Waals surface area contributed by atoms with E-state index in [9.17, 15) is 4.39 Å². The van der Waals surface area contributed by atoms with Gasteiger partial charge in [-0.25, -0.2) is 4.39 Å². The molecule has 0 fully saturated rings. The van der Waals surface area contributed by atoms with Gasteiger partial charge in [0.2, 0.25) is 0 Å². The lowest BCUT2D eigenvalue weighted by molar-refractivity contribution is 0.619. The Balaban J connectivity index is 2.12. The fourth-order valence-corrected chi connectivity index (χ4v) is 2.19. The van der Waals surface area contributed by atoms with Crippen LogP contribution in [0, 0.1) is 12.7 Å². The Morgan fingerprint density at radius 1 is 1.05 bits per heavy atom. The zero-order valence-corrected chi connectivity index (χ0v) is 11.0. The molecule has 4 heteroatoms. The van der Waals surface area contributed by atoms with E-state index in [4.69, 9.17) is 5.73 Å². The zero-order chi connectivity index (χ0) is 14.1. The zero-order valence-electron chi connectivity index (χ0n) is 11.0. The van der Waals surface area contributed by atoms with Gasteiger partial charge in [0.1, 0.15) is 5.82 Å². The predicted octanol–water partition coefficient (Wildman–Crippen LogP) is 4.01. The average molecular weight is 267 g/mol. The molecule has 3 aromatic rings. The second kappa shape index (κ2) is 4.81. The maximum Gasteiger partial charge on any atom is 0.128 e. The van der Waals surface area contributed by atoms with Gasteiger partial charge in [-0.05, 0) is 43.3 Å². The van der Waals surface area contributed by atoms with Gasteiger partial charge in [-0.3, -0.25) is 4.98 Å². The summed E-state index contributed by atoms with van der Waals surface area (Å²) in [6, 6.07) is 12.4. The highest BCUT2D eigenvalue weighted by atomic mass is 19.1. The SMILES string of the molecule is Cc1c(F)cccc1Nc1ccc(N)c2ncccc12. The number of nitrogens with zero attached hydrogens (tertiary/aromatic N) is 1. The molecule has 20 heavy (non-hydrogen) atoms. The number of anilines is 3. The third-order valence-corrected chi connectivity index (χ3v) is 3.34. The Bertz CT molecular complexity index is 784. The number of nitrogen functional groups attached to an aromatic ring is 1. The average Bonchev–Trinajstić information content (AvgIpc) is 2.47. The van der Waals surface area contributed by atoms with Crippen molar-refractivity contribution in [3.05, 3.63) is 60.0 Å². The molecule has 0 aliphatic carbocycles. The van der Waals surface area contributed by atoms with Gasteiger partial charge in [-0.1, -0.05) is 6.07 Å². The van der Waals surface area contributed by atoms with E-state index in [1.165, 1.54) is 6.07 Å². The molecule has 1 heterocycles. The van der Waals surface area contributed by atoms with Crippen molar-refractivity contribution in [2.75, 3.05) is 11.1 Å². The molecule has 0 amide bonds. The van der Waals surface area contributed by atoms with Gasteiger partial charge in [-0.15, -0.1) is 0 Å². The molecule has 0 aliphatic rings. The van der Waals surface area contributed by atoms with E-state index < -0.39 is 0 Å². The maximum absolute atomic E-state index is 13.6. The molecule has 3 N–H and O–H groups in total. The Hall–Kier alpha value is -2.62. The molecule has 3 rings (SSSR count). The number of hydrogen-bond donors (Lipinski definition) is 2. The number of aromatic nitrogens is 1. The lowest BCUT2D eigenvalue weighted by atomic mass is 10.1. The van der Waals surface area contributed by atoms with Gasteiger partial charge in [0, 0.05) is 28.5 Å². The number of halogens is 1. The first-order valence-electron chi connectivity index (χ1n) is 6.32. The van der Waals surface area contributed by atoms with Gasteiger partial charge in [0.15, 0.2) is 0 Å². The van der Waals surface area contributed by atoms with Crippen molar-refractivity contribution in [3.63, 3.8) is 0 Å². The first kappa shape index (κ1) is 12.4. The lowest BCUT2D eigenvalue weighted by Crippen LogP contribution is -1.98. The van der Waals surface area contributed by atoms with Crippen molar-refractivity contribution in [2.45, 2.75) is 6.92 Å². The first-order chi connectivity index (χ1) is 9.66. The summed E-state index contributed by atoms with van der Waals surface area (Å²) in [7, 11) is 0. The van der Waals surface area contributed by atoms with Crippen LogP contribution >= 0.6 is 0 Å². The molecule has 0 bridgehead atoms. The highest BCUT2D eigenvalue weighted by molar-refractivity contribution is 5.99. The molecule has 0 saturated heterocycles. The van der Waals surface area contributed by atoms with E-state index in [-0.39, 0.29) is 5.82 Å². The topological polar surface area (TPSA) is 50.9 Å². The van der Waals surface area contributed by atoms with Crippen LogP contribution in [0.1, 0.15) is 5.56 Å². The van der Waals surface area contributed by atoms with Crippen molar-refractivity contribution in [2.24, 2.45) is 0 Å². The molecule has 1 aromatic heterocycles. The van der Waals surface area contributed by atoms with Crippen LogP contribution < -0.4 is 11.1 Å².